The molecule has 3 rings (SSSR count). The lowest BCUT2D eigenvalue weighted by Crippen LogP contribution is -2.14. The summed E-state index contributed by atoms with van der Waals surface area (Å²) >= 11 is 0. The van der Waals surface area contributed by atoms with Crippen molar-refractivity contribution in [3.05, 3.63) is 114 Å². The Morgan fingerprint density at radius 3 is 2.57 bits per heavy atom. The number of nitrogens with one attached hydrogen (secondary N) is 1. The van der Waals surface area contributed by atoms with E-state index >= 15 is 0 Å². The summed E-state index contributed by atoms with van der Waals surface area (Å²) in [5, 5.41) is 3.02. The quantitative estimate of drug-likeness (QED) is 0.401. The first-order valence-electron chi connectivity index (χ1n) is 10.1. The van der Waals surface area contributed by atoms with Gasteiger partial charge in [0.2, 0.25) is 0 Å². The molecule has 0 fully saturated rings. The Morgan fingerprint density at radius 1 is 1.10 bits per heavy atom. The smallest absolute Gasteiger partial charge is 0.255 e. The molecule has 1 aliphatic rings. The zero-order valence-electron chi connectivity index (χ0n) is 17.5. The van der Waals surface area contributed by atoms with Crippen LogP contribution in [0.5, 0.6) is 11.5 Å². The van der Waals surface area contributed by atoms with Crippen molar-refractivity contribution in [3.63, 3.8) is 0 Å². The minimum absolute atomic E-state index is 0.169. The summed E-state index contributed by atoms with van der Waals surface area (Å²) in [7, 11) is 0. The number of amides is 1. The Kier molecular flexibility index (Phi) is 7.23. The number of ether oxygens (including phenoxy) is 1. The average Bonchev–Trinajstić information content (AvgIpc) is 2.78. The number of carbonyl (C=O) groups is 1. The monoisotopic (exact) mass is 397 g/mol. The molecule has 2 aromatic carbocycles. The van der Waals surface area contributed by atoms with Gasteiger partial charge in [-0.1, -0.05) is 61.2 Å². The van der Waals surface area contributed by atoms with E-state index in [0.717, 1.165) is 41.0 Å². The van der Waals surface area contributed by atoms with Gasteiger partial charge in [-0.2, -0.15) is 0 Å². The molecule has 1 N–H and O–H groups in total. The Bertz CT molecular complexity index is 1040. The first-order chi connectivity index (χ1) is 14.6. The Labute approximate surface area is 178 Å². The van der Waals surface area contributed by atoms with E-state index in [0.29, 0.717) is 11.3 Å². The Balaban J connectivity index is 1.79. The molecule has 0 aromatic heterocycles. The number of hydrogen-bond donors (Lipinski definition) is 1. The molecule has 0 saturated carbocycles. The zero-order chi connectivity index (χ0) is 21.3. The first-order valence-corrected chi connectivity index (χ1v) is 10.1. The fraction of sp³-hybridized carbons (Fsp3) is 0.148. The van der Waals surface area contributed by atoms with Crippen LogP contribution < -0.4 is 10.1 Å². The summed E-state index contributed by atoms with van der Waals surface area (Å²) < 4.78 is 5.90. The number of allylic oxidation sites excluding steroid dienone is 7. The average molecular weight is 398 g/mol. The maximum absolute atomic E-state index is 13.0. The van der Waals surface area contributed by atoms with Crippen molar-refractivity contribution in [1.29, 1.82) is 0 Å². The number of aryl methyl sites for hydroxylation is 1. The maximum atomic E-state index is 13.0. The summed E-state index contributed by atoms with van der Waals surface area (Å²) in [6, 6.07) is 15.3. The SMILES string of the molecule is C=C/C(=C\C(=C/C)C(=O)Nc1cc(Oc2ccccc2)ccc1C)C1=CCCC=C1. The highest BCUT2D eigenvalue weighted by molar-refractivity contribution is 6.06. The van der Waals surface area contributed by atoms with Crippen molar-refractivity contribution in [1.82, 2.24) is 0 Å². The number of benzene rings is 2. The van der Waals surface area contributed by atoms with E-state index in [2.05, 4.69) is 30.1 Å². The van der Waals surface area contributed by atoms with E-state index in [4.69, 9.17) is 4.74 Å². The van der Waals surface area contributed by atoms with Gasteiger partial charge in [-0.3, -0.25) is 4.79 Å². The van der Waals surface area contributed by atoms with Gasteiger partial charge in [0.1, 0.15) is 11.5 Å². The van der Waals surface area contributed by atoms with Crippen LogP contribution in [-0.2, 0) is 4.79 Å². The van der Waals surface area contributed by atoms with Crippen LogP contribution in [0.25, 0.3) is 0 Å². The molecule has 30 heavy (non-hydrogen) atoms. The van der Waals surface area contributed by atoms with Crippen LogP contribution in [0, 0.1) is 6.92 Å². The summed E-state index contributed by atoms with van der Waals surface area (Å²) in [4.78, 5) is 13.0. The van der Waals surface area contributed by atoms with Gasteiger partial charge in [-0.15, -0.1) is 0 Å². The molecule has 2 aromatic rings. The molecule has 1 amide bonds. The minimum atomic E-state index is -0.169. The third-order valence-corrected chi connectivity index (χ3v) is 4.87. The summed E-state index contributed by atoms with van der Waals surface area (Å²) in [5.41, 5.74) is 4.30. The van der Waals surface area contributed by atoms with Gasteiger partial charge in [0.25, 0.3) is 5.91 Å². The van der Waals surface area contributed by atoms with Crippen molar-refractivity contribution >= 4 is 11.6 Å². The predicted octanol–water partition coefficient (Wildman–Crippen LogP) is 7.06. The third-order valence-electron chi connectivity index (χ3n) is 4.87. The van der Waals surface area contributed by atoms with Crippen LogP contribution >= 0.6 is 0 Å². The highest BCUT2D eigenvalue weighted by atomic mass is 16.5. The molecule has 0 unspecified atom stereocenters. The maximum Gasteiger partial charge on any atom is 0.255 e. The number of para-hydroxylation sites is 1. The van der Waals surface area contributed by atoms with E-state index < -0.39 is 0 Å². The zero-order valence-corrected chi connectivity index (χ0v) is 17.5. The fourth-order valence-electron chi connectivity index (χ4n) is 3.15. The summed E-state index contributed by atoms with van der Waals surface area (Å²) in [6.07, 6.45) is 13.9. The van der Waals surface area contributed by atoms with Crippen molar-refractivity contribution in [2.24, 2.45) is 0 Å². The lowest BCUT2D eigenvalue weighted by atomic mass is 9.97. The van der Waals surface area contributed by atoms with Gasteiger partial charge in [0.15, 0.2) is 0 Å². The van der Waals surface area contributed by atoms with E-state index in [-0.39, 0.29) is 5.91 Å². The topological polar surface area (TPSA) is 38.3 Å². The lowest BCUT2D eigenvalue weighted by Gasteiger charge is -2.13. The summed E-state index contributed by atoms with van der Waals surface area (Å²) in [5.74, 6) is 1.25. The Morgan fingerprint density at radius 2 is 1.90 bits per heavy atom. The second-order valence-corrected chi connectivity index (χ2v) is 7.03. The number of hydrogen-bond acceptors (Lipinski definition) is 2. The van der Waals surface area contributed by atoms with Gasteiger partial charge in [0, 0.05) is 17.3 Å². The van der Waals surface area contributed by atoms with Crippen LogP contribution in [0.2, 0.25) is 0 Å². The molecule has 0 heterocycles. The van der Waals surface area contributed by atoms with E-state index in [1.807, 2.05) is 74.5 Å². The van der Waals surface area contributed by atoms with Crippen molar-refractivity contribution < 1.29 is 9.53 Å². The summed E-state index contributed by atoms with van der Waals surface area (Å²) in [6.45, 7) is 7.73. The highest BCUT2D eigenvalue weighted by Gasteiger charge is 2.12. The minimum Gasteiger partial charge on any atom is -0.457 e. The third kappa shape index (κ3) is 5.48. The predicted molar refractivity (Wildman–Crippen MR) is 125 cm³/mol. The number of anilines is 1. The molecule has 0 saturated heterocycles. The normalized spacial score (nSPS) is 14.1. The second-order valence-electron chi connectivity index (χ2n) is 7.03. The van der Waals surface area contributed by atoms with Crippen LogP contribution in [0.3, 0.4) is 0 Å². The molecule has 1 aliphatic carbocycles. The molecule has 0 aliphatic heterocycles. The van der Waals surface area contributed by atoms with Gasteiger partial charge >= 0.3 is 0 Å². The van der Waals surface area contributed by atoms with Gasteiger partial charge in [-0.05, 0) is 67.7 Å². The highest BCUT2D eigenvalue weighted by Crippen LogP contribution is 2.27. The number of rotatable bonds is 7. The van der Waals surface area contributed by atoms with Crippen LogP contribution in [-0.4, -0.2) is 5.91 Å². The van der Waals surface area contributed by atoms with Crippen LogP contribution in [0.1, 0.15) is 25.3 Å². The second kappa shape index (κ2) is 10.3. The molecule has 3 heteroatoms. The molecule has 0 atom stereocenters. The van der Waals surface area contributed by atoms with Crippen molar-refractivity contribution in [2.75, 3.05) is 5.32 Å². The lowest BCUT2D eigenvalue weighted by molar-refractivity contribution is -0.112. The van der Waals surface area contributed by atoms with Gasteiger partial charge in [0.05, 0.1) is 0 Å². The van der Waals surface area contributed by atoms with Crippen LogP contribution in [0.4, 0.5) is 5.69 Å². The molecule has 3 nitrogen and oxygen atoms in total. The van der Waals surface area contributed by atoms with Crippen molar-refractivity contribution in [3.8, 4) is 11.5 Å². The standard InChI is InChI=1S/C27H27NO2/c1-4-21(23-12-8-6-9-13-23)18-22(5-2)27(29)28-26-19-25(17-16-20(26)3)30-24-14-10-7-11-15-24/h4-5,7-8,10-19H,1,6,9H2,2-3H3,(H,28,29)/b21-18+,22-5+. The number of carbonyl (C=O) groups excluding carboxylic acids is 1. The largest absolute Gasteiger partial charge is 0.457 e. The molecule has 0 bridgehead atoms. The van der Waals surface area contributed by atoms with E-state index in [1.165, 1.54) is 0 Å². The first kappa shape index (κ1) is 21.1. The van der Waals surface area contributed by atoms with Gasteiger partial charge in [-0.25, -0.2) is 0 Å². The molecular formula is C27H27NO2. The van der Waals surface area contributed by atoms with Crippen molar-refractivity contribution in [2.45, 2.75) is 26.7 Å². The van der Waals surface area contributed by atoms with E-state index in [1.54, 1.807) is 6.08 Å². The molecule has 0 spiro atoms. The molecule has 0 radical (unpaired) electrons. The van der Waals surface area contributed by atoms with Gasteiger partial charge < -0.3 is 10.1 Å². The van der Waals surface area contributed by atoms with Crippen LogP contribution in [0.15, 0.2) is 108 Å². The molecular weight excluding hydrogens is 370 g/mol. The van der Waals surface area contributed by atoms with E-state index in [9.17, 15) is 4.79 Å². The molecule has 152 valence electrons. The fourth-order valence-corrected chi connectivity index (χ4v) is 3.15. The Hall–Kier alpha value is -3.59.